The van der Waals surface area contributed by atoms with Crippen molar-refractivity contribution >= 4 is 52.1 Å². The van der Waals surface area contributed by atoms with Gasteiger partial charge in [-0.25, -0.2) is 10.4 Å². The van der Waals surface area contributed by atoms with E-state index in [1.807, 2.05) is 24.3 Å². The summed E-state index contributed by atoms with van der Waals surface area (Å²) >= 11 is 17.6. The van der Waals surface area contributed by atoms with Crippen molar-refractivity contribution in [2.45, 2.75) is 13.3 Å². The highest BCUT2D eigenvalue weighted by Gasteiger charge is 2.19. The van der Waals surface area contributed by atoms with Crippen molar-refractivity contribution in [3.63, 3.8) is 0 Å². The lowest BCUT2D eigenvalue weighted by molar-refractivity contribution is 0.0950. The van der Waals surface area contributed by atoms with Crippen LogP contribution in [0.2, 0.25) is 15.2 Å². The van der Waals surface area contributed by atoms with E-state index in [2.05, 4.69) is 15.5 Å². The molecule has 0 bridgehead atoms. The van der Waals surface area contributed by atoms with E-state index in [0.717, 1.165) is 11.3 Å². The number of methoxy groups -OCH3 is 1. The number of amides is 1. The number of nitrogen functional groups attached to an aromatic ring is 1. The zero-order chi connectivity index (χ0) is 18.6. The van der Waals surface area contributed by atoms with Gasteiger partial charge in [0.15, 0.2) is 10.8 Å². The van der Waals surface area contributed by atoms with Crippen LogP contribution in [0.3, 0.4) is 0 Å². The first kappa shape index (κ1) is 19.3. The second kappa shape index (κ2) is 8.38. The quantitative estimate of drug-likeness (QED) is 0.450. The Bertz CT molecular complexity index is 823. The van der Waals surface area contributed by atoms with Crippen LogP contribution in [0.1, 0.15) is 23.0 Å². The summed E-state index contributed by atoms with van der Waals surface area (Å²) in [6.45, 7) is 1.78. The summed E-state index contributed by atoms with van der Waals surface area (Å²) < 4.78 is 5.10. The van der Waals surface area contributed by atoms with Gasteiger partial charge in [-0.2, -0.15) is 5.10 Å². The predicted octanol–water partition coefficient (Wildman–Crippen LogP) is 3.98. The molecule has 1 heterocycles. The lowest BCUT2D eigenvalue weighted by atomic mass is 10.1. The lowest BCUT2D eigenvalue weighted by Gasteiger charge is -2.08. The van der Waals surface area contributed by atoms with Gasteiger partial charge in [0.1, 0.15) is 10.8 Å². The molecule has 2 rings (SSSR count). The standard InChI is InChI=1S/C16H15Cl3N4O2/c1-8(7-9-3-5-10(25-2)6-4-9)22-23-16(24)14-11(17)13(20)12(18)15(19)21-14/h3-6H,7H2,1-2H3,(H2,20,21)(H,23,24)/b22-8+. The number of rotatable bonds is 5. The molecule has 6 nitrogen and oxygen atoms in total. The molecule has 0 saturated heterocycles. The van der Waals surface area contributed by atoms with E-state index >= 15 is 0 Å². The molecule has 9 heteroatoms. The summed E-state index contributed by atoms with van der Waals surface area (Å²) in [7, 11) is 1.60. The van der Waals surface area contributed by atoms with Gasteiger partial charge >= 0.3 is 0 Å². The molecule has 0 radical (unpaired) electrons. The molecule has 0 unspecified atom stereocenters. The van der Waals surface area contributed by atoms with Gasteiger partial charge in [-0.15, -0.1) is 0 Å². The second-order valence-electron chi connectivity index (χ2n) is 5.11. The van der Waals surface area contributed by atoms with E-state index in [4.69, 9.17) is 45.3 Å². The Kier molecular flexibility index (Phi) is 6.47. The number of nitrogens with one attached hydrogen (secondary N) is 1. The average molecular weight is 402 g/mol. The first-order chi connectivity index (χ1) is 11.8. The number of nitrogens with zero attached hydrogens (tertiary/aromatic N) is 2. The fourth-order valence-electron chi connectivity index (χ4n) is 1.96. The van der Waals surface area contributed by atoms with Crippen LogP contribution in [0.15, 0.2) is 29.4 Å². The van der Waals surface area contributed by atoms with E-state index in [1.54, 1.807) is 14.0 Å². The highest BCUT2D eigenvalue weighted by Crippen LogP contribution is 2.34. The van der Waals surface area contributed by atoms with Crippen molar-refractivity contribution in [1.29, 1.82) is 0 Å². The molecule has 132 valence electrons. The molecule has 0 atom stereocenters. The normalized spacial score (nSPS) is 11.3. The number of pyridine rings is 1. The van der Waals surface area contributed by atoms with Gasteiger partial charge in [0.05, 0.1) is 17.8 Å². The minimum atomic E-state index is -0.635. The Hall–Kier alpha value is -2.02. The third kappa shape index (κ3) is 4.75. The van der Waals surface area contributed by atoms with Crippen molar-refractivity contribution in [2.75, 3.05) is 12.8 Å². The van der Waals surface area contributed by atoms with E-state index in [9.17, 15) is 4.79 Å². The maximum Gasteiger partial charge on any atom is 0.291 e. The number of carbonyl (C=O) groups excluding carboxylic acids is 1. The van der Waals surface area contributed by atoms with E-state index < -0.39 is 5.91 Å². The first-order valence-corrected chi connectivity index (χ1v) is 8.23. The number of carbonyl (C=O) groups is 1. The lowest BCUT2D eigenvalue weighted by Crippen LogP contribution is -2.22. The van der Waals surface area contributed by atoms with Gasteiger partial charge in [-0.3, -0.25) is 4.79 Å². The summed E-state index contributed by atoms with van der Waals surface area (Å²) in [6, 6.07) is 7.53. The monoisotopic (exact) mass is 400 g/mol. The van der Waals surface area contributed by atoms with Crippen LogP contribution in [0.4, 0.5) is 5.69 Å². The van der Waals surface area contributed by atoms with Crippen LogP contribution in [0.5, 0.6) is 5.75 Å². The summed E-state index contributed by atoms with van der Waals surface area (Å²) in [5.74, 6) is 0.133. The molecule has 1 amide bonds. The predicted molar refractivity (Wildman–Crippen MR) is 101 cm³/mol. The Morgan fingerprint density at radius 2 is 1.88 bits per heavy atom. The number of hydrogen-bond acceptors (Lipinski definition) is 5. The fourth-order valence-corrected chi connectivity index (χ4v) is 2.55. The molecule has 0 spiro atoms. The van der Waals surface area contributed by atoms with Gasteiger partial charge in [-0.1, -0.05) is 46.9 Å². The smallest absolute Gasteiger partial charge is 0.291 e. The minimum absolute atomic E-state index is 0.00223. The largest absolute Gasteiger partial charge is 0.497 e. The Balaban J connectivity index is 2.08. The molecule has 0 fully saturated rings. The van der Waals surface area contributed by atoms with Crippen LogP contribution < -0.4 is 15.9 Å². The highest BCUT2D eigenvalue weighted by molar-refractivity contribution is 6.46. The number of halogens is 3. The molecular weight excluding hydrogens is 387 g/mol. The van der Waals surface area contributed by atoms with Gasteiger partial charge in [-0.05, 0) is 24.6 Å². The van der Waals surface area contributed by atoms with Crippen LogP contribution >= 0.6 is 34.8 Å². The maximum atomic E-state index is 12.2. The molecule has 25 heavy (non-hydrogen) atoms. The number of aromatic nitrogens is 1. The highest BCUT2D eigenvalue weighted by atomic mass is 35.5. The van der Waals surface area contributed by atoms with Crippen LogP contribution in [-0.4, -0.2) is 23.7 Å². The number of nitrogens with two attached hydrogens (primary N) is 1. The van der Waals surface area contributed by atoms with Gasteiger partial charge in [0.25, 0.3) is 5.91 Å². The van der Waals surface area contributed by atoms with Crippen LogP contribution in [0.25, 0.3) is 0 Å². The Morgan fingerprint density at radius 1 is 1.24 bits per heavy atom. The third-order valence-electron chi connectivity index (χ3n) is 3.25. The van der Waals surface area contributed by atoms with Crippen molar-refractivity contribution in [3.8, 4) is 5.75 Å². The van der Waals surface area contributed by atoms with Gasteiger partial charge < -0.3 is 10.5 Å². The molecule has 2 aromatic rings. The molecule has 1 aromatic carbocycles. The summed E-state index contributed by atoms with van der Waals surface area (Å²) in [5, 5.41) is 3.86. The molecule has 0 saturated carbocycles. The number of hydrogen-bond donors (Lipinski definition) is 2. The number of hydrazone groups is 1. The van der Waals surface area contributed by atoms with Crippen molar-refractivity contribution < 1.29 is 9.53 Å². The van der Waals surface area contributed by atoms with E-state index in [1.165, 1.54) is 0 Å². The van der Waals surface area contributed by atoms with E-state index in [0.29, 0.717) is 12.1 Å². The van der Waals surface area contributed by atoms with Crippen LogP contribution in [-0.2, 0) is 6.42 Å². The van der Waals surface area contributed by atoms with Crippen molar-refractivity contribution in [2.24, 2.45) is 5.10 Å². The Labute approximate surface area is 159 Å². The molecule has 1 aromatic heterocycles. The second-order valence-corrected chi connectivity index (χ2v) is 6.22. The Morgan fingerprint density at radius 3 is 2.48 bits per heavy atom. The number of ether oxygens (including phenoxy) is 1. The molecule has 0 aliphatic heterocycles. The average Bonchev–Trinajstić information content (AvgIpc) is 2.61. The fraction of sp³-hybridized carbons (Fsp3) is 0.188. The maximum absolute atomic E-state index is 12.2. The minimum Gasteiger partial charge on any atom is -0.497 e. The van der Waals surface area contributed by atoms with Crippen LogP contribution in [0, 0.1) is 0 Å². The van der Waals surface area contributed by atoms with Crippen molar-refractivity contribution in [3.05, 3.63) is 50.7 Å². The van der Waals surface area contributed by atoms with E-state index in [-0.39, 0.29) is 26.6 Å². The zero-order valence-electron chi connectivity index (χ0n) is 13.4. The van der Waals surface area contributed by atoms with Crippen molar-refractivity contribution in [1.82, 2.24) is 10.4 Å². The summed E-state index contributed by atoms with van der Waals surface area (Å²) in [4.78, 5) is 16.0. The zero-order valence-corrected chi connectivity index (χ0v) is 15.7. The molecule has 0 aliphatic carbocycles. The third-order valence-corrected chi connectivity index (χ3v) is 4.39. The van der Waals surface area contributed by atoms with Gasteiger partial charge in [0.2, 0.25) is 0 Å². The molecule has 0 aliphatic rings. The molecule has 3 N–H and O–H groups in total. The molecular formula is C16H15Cl3N4O2. The van der Waals surface area contributed by atoms with Gasteiger partial charge in [0, 0.05) is 12.1 Å². The summed E-state index contributed by atoms with van der Waals surface area (Å²) in [6.07, 6.45) is 0.551. The number of benzene rings is 1. The SMILES string of the molecule is COc1ccc(C/C(C)=N/NC(=O)c2nc(Cl)c(Cl)c(N)c2Cl)cc1. The topological polar surface area (TPSA) is 89.6 Å². The first-order valence-electron chi connectivity index (χ1n) is 7.10. The summed E-state index contributed by atoms with van der Waals surface area (Å²) in [5.41, 5.74) is 9.62. The number of anilines is 1.